The summed E-state index contributed by atoms with van der Waals surface area (Å²) in [5, 5.41) is 9.70. The maximum absolute atomic E-state index is 9.70. The van der Waals surface area contributed by atoms with E-state index in [0.717, 1.165) is 24.3 Å². The van der Waals surface area contributed by atoms with Gasteiger partial charge in [0.25, 0.3) is 0 Å². The van der Waals surface area contributed by atoms with Crippen molar-refractivity contribution in [2.24, 2.45) is 11.5 Å². The van der Waals surface area contributed by atoms with Crippen LogP contribution in [0.3, 0.4) is 0 Å². The van der Waals surface area contributed by atoms with Crippen molar-refractivity contribution in [3.05, 3.63) is 30.0 Å². The smallest absolute Gasteiger partial charge is 0.148 e. The number of aromatic hydroxyl groups is 1. The van der Waals surface area contributed by atoms with Crippen molar-refractivity contribution in [2.75, 3.05) is 13.1 Å². The van der Waals surface area contributed by atoms with E-state index in [1.807, 2.05) is 26.0 Å². The molecule has 0 spiro atoms. The molecule has 1 aromatic carbocycles. The lowest BCUT2D eigenvalue weighted by molar-refractivity contribution is 0.337. The molecule has 0 fully saturated rings. The molecule has 0 aromatic heterocycles. The minimum Gasteiger partial charge on any atom is -0.508 e. The van der Waals surface area contributed by atoms with Crippen LogP contribution in [0.25, 0.3) is 6.08 Å². The van der Waals surface area contributed by atoms with E-state index >= 15 is 0 Å². The van der Waals surface area contributed by atoms with E-state index in [1.54, 1.807) is 6.07 Å². The second kappa shape index (κ2) is 4.72. The average Bonchev–Trinajstić information content (AvgIpc) is 2.55. The molecule has 0 saturated carbocycles. The van der Waals surface area contributed by atoms with Crippen LogP contribution in [-0.4, -0.2) is 30.3 Å². The molecule has 18 heavy (non-hydrogen) atoms. The maximum Gasteiger partial charge on any atom is 0.148 e. The molecule has 1 aliphatic heterocycles. The minimum atomic E-state index is 0.0710. The Kier molecular flexibility index (Phi) is 3.43. The average molecular weight is 248 g/mol. The normalized spacial score (nSPS) is 24.9. The van der Waals surface area contributed by atoms with E-state index in [9.17, 15) is 5.11 Å². The molecule has 4 heteroatoms. The molecule has 0 saturated heterocycles. The Balaban J connectivity index is 2.44. The van der Waals surface area contributed by atoms with E-state index < -0.39 is 0 Å². The summed E-state index contributed by atoms with van der Waals surface area (Å²) in [5.74, 6) is 0.286. The molecule has 0 radical (unpaired) electrons. The lowest BCUT2D eigenvalue weighted by atomic mass is 10.1. The fourth-order valence-electron chi connectivity index (χ4n) is 2.78. The van der Waals surface area contributed by atoms with Crippen molar-refractivity contribution in [2.45, 2.75) is 25.9 Å². The molecule has 0 aliphatic carbocycles. The summed E-state index contributed by atoms with van der Waals surface area (Å²) < 4.78 is 0.624. The van der Waals surface area contributed by atoms with Crippen LogP contribution in [0.1, 0.15) is 19.4 Å². The predicted octanol–water partition coefficient (Wildman–Crippen LogP) is 1.38. The van der Waals surface area contributed by atoms with Crippen LogP contribution in [0.5, 0.6) is 5.75 Å². The highest BCUT2D eigenvalue weighted by atomic mass is 16.3. The van der Waals surface area contributed by atoms with Crippen molar-refractivity contribution >= 4 is 11.8 Å². The van der Waals surface area contributed by atoms with E-state index in [4.69, 9.17) is 11.5 Å². The first-order valence-corrected chi connectivity index (χ1v) is 6.34. The Morgan fingerprint density at radius 1 is 1.17 bits per heavy atom. The van der Waals surface area contributed by atoms with Gasteiger partial charge < -0.3 is 16.6 Å². The maximum atomic E-state index is 9.70. The predicted molar refractivity (Wildman–Crippen MR) is 76.0 cm³/mol. The zero-order valence-corrected chi connectivity index (χ0v) is 11.0. The third-order valence-electron chi connectivity index (χ3n) is 3.26. The summed E-state index contributed by atoms with van der Waals surface area (Å²) >= 11 is 0. The number of fused-ring (bicyclic) bond motifs is 1. The minimum absolute atomic E-state index is 0.0710. The van der Waals surface area contributed by atoms with Gasteiger partial charge in [-0.3, -0.25) is 4.48 Å². The largest absolute Gasteiger partial charge is 0.508 e. The third kappa shape index (κ3) is 2.41. The number of benzene rings is 1. The van der Waals surface area contributed by atoms with Crippen molar-refractivity contribution in [3.8, 4) is 5.75 Å². The Morgan fingerprint density at radius 2 is 1.78 bits per heavy atom. The van der Waals surface area contributed by atoms with Gasteiger partial charge in [-0.25, -0.2) is 0 Å². The van der Waals surface area contributed by atoms with Crippen molar-refractivity contribution in [1.82, 2.24) is 4.48 Å². The number of quaternary nitrogens is 1. The molecule has 3 atom stereocenters. The summed E-state index contributed by atoms with van der Waals surface area (Å²) in [5.41, 5.74) is 14.2. The first-order chi connectivity index (χ1) is 8.43. The molecule has 4 nitrogen and oxygen atoms in total. The fraction of sp³-hybridized carbons (Fsp3) is 0.429. The molecule has 2 rings (SSSR count). The van der Waals surface area contributed by atoms with Crippen LogP contribution < -0.4 is 16.0 Å². The number of hydrogen-bond acceptors (Lipinski definition) is 3. The molecule has 2 unspecified atom stereocenters. The number of rotatable bonds is 4. The molecule has 1 heterocycles. The highest BCUT2D eigenvalue weighted by molar-refractivity contribution is 5.74. The summed E-state index contributed by atoms with van der Waals surface area (Å²) in [7, 11) is 0. The molecule has 1 aliphatic rings. The molecule has 0 bridgehead atoms. The van der Waals surface area contributed by atoms with E-state index in [-0.39, 0.29) is 17.8 Å². The second-order valence-electron chi connectivity index (χ2n) is 5.41. The number of phenolic OH excluding ortho intramolecular Hbond substituents is 1. The third-order valence-corrected chi connectivity index (χ3v) is 3.26. The monoisotopic (exact) mass is 248 g/mol. The fourth-order valence-corrected chi connectivity index (χ4v) is 2.78. The van der Waals surface area contributed by atoms with Crippen LogP contribution in [0.4, 0.5) is 5.69 Å². The highest BCUT2D eigenvalue weighted by Crippen LogP contribution is 2.38. The zero-order valence-electron chi connectivity index (χ0n) is 11.0. The van der Waals surface area contributed by atoms with Crippen LogP contribution >= 0.6 is 0 Å². The van der Waals surface area contributed by atoms with Gasteiger partial charge >= 0.3 is 0 Å². The summed E-state index contributed by atoms with van der Waals surface area (Å²) in [6.07, 6.45) is 4.22. The number of hydrogen-bond donors (Lipinski definition) is 3. The van der Waals surface area contributed by atoms with E-state index in [2.05, 4.69) is 12.3 Å². The zero-order chi connectivity index (χ0) is 13.3. The summed E-state index contributed by atoms with van der Waals surface area (Å²) in [6, 6.07) is 5.60. The number of phenols is 1. The standard InChI is InChI=1S/C14H21N3O/c1-10(15)8-17(9-11(2)16)6-5-12-3-4-13(18)7-14(12)17/h3-7,10-11H,8-9,15-16H2,1-2H3/p+1/t10-,11?,17?/m0/s1. The van der Waals surface area contributed by atoms with E-state index in [0.29, 0.717) is 4.48 Å². The Bertz CT molecular complexity index is 456. The Morgan fingerprint density at radius 3 is 2.33 bits per heavy atom. The van der Waals surface area contributed by atoms with Gasteiger partial charge in [0, 0.05) is 17.7 Å². The van der Waals surface area contributed by atoms with Crippen molar-refractivity contribution in [3.63, 3.8) is 0 Å². The Labute approximate surface area is 108 Å². The van der Waals surface area contributed by atoms with Gasteiger partial charge in [-0.2, -0.15) is 0 Å². The van der Waals surface area contributed by atoms with Gasteiger partial charge in [-0.05, 0) is 26.0 Å². The van der Waals surface area contributed by atoms with Gasteiger partial charge in [-0.15, -0.1) is 0 Å². The molecule has 98 valence electrons. The van der Waals surface area contributed by atoms with Gasteiger partial charge in [0.1, 0.15) is 30.7 Å². The summed E-state index contributed by atoms with van der Waals surface area (Å²) in [4.78, 5) is 0. The number of nitrogens with zero attached hydrogens (tertiary/aromatic N) is 1. The lowest BCUT2D eigenvalue weighted by Gasteiger charge is -2.35. The quantitative estimate of drug-likeness (QED) is 0.705. The highest BCUT2D eigenvalue weighted by Gasteiger charge is 2.36. The SMILES string of the molecule is CC(N)C[N+]1(C[C@H](C)N)C=Cc2ccc(O)cc21. The lowest BCUT2D eigenvalue weighted by Crippen LogP contribution is -2.54. The molecule has 1 aromatic rings. The van der Waals surface area contributed by atoms with Gasteiger partial charge in [0.15, 0.2) is 0 Å². The summed E-state index contributed by atoms with van der Waals surface area (Å²) in [6.45, 7) is 5.56. The van der Waals surface area contributed by atoms with Crippen LogP contribution in [0, 0.1) is 0 Å². The van der Waals surface area contributed by atoms with Crippen LogP contribution in [-0.2, 0) is 0 Å². The van der Waals surface area contributed by atoms with Gasteiger partial charge in [0.2, 0.25) is 0 Å². The van der Waals surface area contributed by atoms with Gasteiger partial charge in [0.05, 0.1) is 12.1 Å². The molecular weight excluding hydrogens is 226 g/mol. The molecule has 5 N–H and O–H groups in total. The first-order valence-electron chi connectivity index (χ1n) is 6.34. The van der Waals surface area contributed by atoms with Crippen molar-refractivity contribution < 1.29 is 5.11 Å². The van der Waals surface area contributed by atoms with Crippen molar-refractivity contribution in [1.29, 1.82) is 0 Å². The topological polar surface area (TPSA) is 72.3 Å². The first kappa shape index (κ1) is 13.1. The Hall–Kier alpha value is -1.36. The van der Waals surface area contributed by atoms with E-state index in [1.165, 1.54) is 0 Å². The molecular formula is C14H22N3O+. The van der Waals surface area contributed by atoms with Crippen LogP contribution in [0.15, 0.2) is 24.4 Å². The molecule has 0 amide bonds. The van der Waals surface area contributed by atoms with Gasteiger partial charge in [-0.1, -0.05) is 0 Å². The van der Waals surface area contributed by atoms with Crippen LogP contribution in [0.2, 0.25) is 0 Å². The second-order valence-corrected chi connectivity index (χ2v) is 5.41. The number of nitrogens with two attached hydrogens (primary N) is 2.